The molecule has 0 aliphatic carbocycles. The Kier molecular flexibility index (Phi) is 5.07. The quantitative estimate of drug-likeness (QED) is 0.466. The Labute approximate surface area is 177 Å². The molecule has 166 valence electrons. The number of aromatic amines is 2. The van der Waals surface area contributed by atoms with Gasteiger partial charge in [0.2, 0.25) is 5.65 Å². The van der Waals surface area contributed by atoms with Crippen molar-refractivity contribution in [2.75, 3.05) is 5.73 Å². The highest BCUT2D eigenvalue weighted by molar-refractivity contribution is 5.88. The van der Waals surface area contributed by atoms with E-state index in [1.165, 1.54) is 30.5 Å². The number of nitrogens with zero attached hydrogens (tertiary/aromatic N) is 3. The predicted molar refractivity (Wildman–Crippen MR) is 107 cm³/mol. The predicted octanol–water partition coefficient (Wildman–Crippen LogP) is 2.31. The van der Waals surface area contributed by atoms with Crippen LogP contribution < -0.4 is 22.0 Å². The summed E-state index contributed by atoms with van der Waals surface area (Å²) in [5.74, 6) is -0.649. The zero-order valence-electron chi connectivity index (χ0n) is 16.6. The fourth-order valence-corrected chi connectivity index (χ4v) is 3.37. The number of anilines is 1. The molecule has 1 aromatic carbocycles. The van der Waals surface area contributed by atoms with E-state index in [0.29, 0.717) is 32.6 Å². The zero-order chi connectivity index (χ0) is 23.2. The minimum absolute atomic E-state index is 0.0146. The summed E-state index contributed by atoms with van der Waals surface area (Å²) < 4.78 is 53.2. The number of halogens is 4. The second kappa shape index (κ2) is 7.62. The molecule has 0 radical (unpaired) electrons. The van der Waals surface area contributed by atoms with E-state index in [-0.39, 0.29) is 17.2 Å². The number of aryl methyl sites for hydroxylation is 2. The third-order valence-electron chi connectivity index (χ3n) is 4.92. The number of H-pyrrole nitrogens is 2. The van der Waals surface area contributed by atoms with Crippen molar-refractivity contribution in [3.63, 3.8) is 0 Å². The Bertz CT molecular complexity index is 1430. The van der Waals surface area contributed by atoms with Crippen LogP contribution in [0.2, 0.25) is 0 Å². The summed E-state index contributed by atoms with van der Waals surface area (Å²) in [6.07, 6.45) is -4.34. The summed E-state index contributed by atoms with van der Waals surface area (Å²) in [4.78, 5) is 30.0. The van der Waals surface area contributed by atoms with Gasteiger partial charge in [0.05, 0.1) is 18.5 Å². The van der Waals surface area contributed by atoms with Crippen molar-refractivity contribution < 1.29 is 22.5 Å². The third-order valence-corrected chi connectivity index (χ3v) is 4.92. The lowest BCUT2D eigenvalue weighted by Gasteiger charge is -2.09. The molecule has 32 heavy (non-hydrogen) atoms. The van der Waals surface area contributed by atoms with E-state index in [1.54, 1.807) is 13.0 Å². The molecule has 4 aromatic rings. The zero-order valence-corrected chi connectivity index (χ0v) is 16.6. The van der Waals surface area contributed by atoms with Gasteiger partial charge in [-0.15, -0.1) is 9.50 Å². The van der Waals surface area contributed by atoms with Crippen molar-refractivity contribution in [3.8, 4) is 22.4 Å². The highest BCUT2D eigenvalue weighted by atomic mass is 19.4. The van der Waals surface area contributed by atoms with Gasteiger partial charge in [0.15, 0.2) is 0 Å². The van der Waals surface area contributed by atoms with E-state index in [1.807, 2.05) is 0 Å². The van der Waals surface area contributed by atoms with Gasteiger partial charge in [-0.25, -0.2) is 14.2 Å². The largest absolute Gasteiger partial charge is 0.411 e. The number of benzene rings is 1. The van der Waals surface area contributed by atoms with Gasteiger partial charge in [-0.1, -0.05) is 0 Å². The van der Waals surface area contributed by atoms with Gasteiger partial charge in [0.1, 0.15) is 11.5 Å². The average molecular weight is 449 g/mol. The number of alkyl halides is 3. The maximum atomic E-state index is 13.5. The lowest BCUT2D eigenvalue weighted by atomic mass is 10.0. The minimum atomic E-state index is -4.48. The van der Waals surface area contributed by atoms with Gasteiger partial charge in [0.25, 0.3) is 5.56 Å². The smallest absolute Gasteiger partial charge is 0.328 e. The number of nitrogens with two attached hydrogens (primary N) is 1. The number of nitrogens with one attached hydrogen (secondary N) is 2. The molecule has 0 fully saturated rings. The molecule has 0 bridgehead atoms. The molecule has 4 rings (SSSR count). The Morgan fingerprint density at radius 3 is 2.47 bits per heavy atom. The lowest BCUT2D eigenvalue weighted by molar-refractivity contribution is -0.351. The molecule has 0 saturated heterocycles. The van der Waals surface area contributed by atoms with Crippen LogP contribution in [-0.2, 0) is 6.54 Å². The fraction of sp³-hybridized carbons (Fsp3) is 0.200. The number of aromatic nitrogens is 5. The first-order chi connectivity index (χ1) is 15.0. The SMILES string of the molecule is Cc1cc(-c2c(-c3ccc(F)cc3)[nH+]c(N)n3c(=O)n(CCC(F)(F)F)nc23)c[nH]c1=O. The molecule has 0 atom stereocenters. The first-order valence-electron chi connectivity index (χ1n) is 9.42. The average Bonchev–Trinajstić information content (AvgIpc) is 3.05. The third kappa shape index (κ3) is 3.86. The first kappa shape index (κ1) is 21.3. The van der Waals surface area contributed by atoms with Crippen LogP contribution in [0.1, 0.15) is 12.0 Å². The summed E-state index contributed by atoms with van der Waals surface area (Å²) in [7, 11) is 0. The molecule has 0 aliphatic rings. The van der Waals surface area contributed by atoms with Gasteiger partial charge < -0.3 is 4.98 Å². The van der Waals surface area contributed by atoms with Crippen molar-refractivity contribution in [1.29, 1.82) is 0 Å². The maximum Gasteiger partial charge on any atom is 0.411 e. The summed E-state index contributed by atoms with van der Waals surface area (Å²) in [6.45, 7) is 0.881. The van der Waals surface area contributed by atoms with Gasteiger partial charge in [-0.2, -0.15) is 17.9 Å². The van der Waals surface area contributed by atoms with Gasteiger partial charge >= 0.3 is 17.8 Å². The van der Waals surface area contributed by atoms with E-state index < -0.39 is 30.6 Å². The van der Waals surface area contributed by atoms with Crippen LogP contribution in [0.4, 0.5) is 23.5 Å². The van der Waals surface area contributed by atoms with E-state index in [0.717, 1.165) is 4.40 Å². The number of pyridine rings is 1. The molecule has 3 aromatic heterocycles. The summed E-state index contributed by atoms with van der Waals surface area (Å²) in [5.41, 5.74) is 6.73. The van der Waals surface area contributed by atoms with Gasteiger partial charge in [-0.3, -0.25) is 10.5 Å². The van der Waals surface area contributed by atoms with Crippen molar-refractivity contribution in [1.82, 2.24) is 19.2 Å². The van der Waals surface area contributed by atoms with Crippen LogP contribution in [0, 0.1) is 12.7 Å². The van der Waals surface area contributed by atoms with Crippen LogP contribution in [0.25, 0.3) is 28.0 Å². The van der Waals surface area contributed by atoms with Crippen molar-refractivity contribution in [2.24, 2.45) is 0 Å². The molecule has 0 amide bonds. The Morgan fingerprint density at radius 2 is 1.84 bits per heavy atom. The van der Waals surface area contributed by atoms with Crippen LogP contribution >= 0.6 is 0 Å². The minimum Gasteiger partial charge on any atom is -0.328 e. The maximum absolute atomic E-state index is 13.5. The number of rotatable bonds is 4. The molecule has 12 heteroatoms. The summed E-state index contributed by atoms with van der Waals surface area (Å²) in [5, 5.41) is 4.11. The molecule has 3 heterocycles. The lowest BCUT2D eigenvalue weighted by Crippen LogP contribution is -2.28. The van der Waals surface area contributed by atoms with Crippen LogP contribution in [-0.4, -0.2) is 25.3 Å². The monoisotopic (exact) mass is 449 g/mol. The summed E-state index contributed by atoms with van der Waals surface area (Å²) >= 11 is 0. The first-order valence-corrected chi connectivity index (χ1v) is 9.42. The topological polar surface area (TPSA) is 112 Å². The fourth-order valence-electron chi connectivity index (χ4n) is 3.37. The molecule has 4 N–H and O–H groups in total. The Balaban J connectivity index is 2.04. The Morgan fingerprint density at radius 1 is 1.16 bits per heavy atom. The normalized spacial score (nSPS) is 11.9. The molecular formula is C20H17F4N6O2+. The van der Waals surface area contributed by atoms with Crippen LogP contribution in [0.3, 0.4) is 0 Å². The second-order valence-corrected chi connectivity index (χ2v) is 7.20. The number of fused-ring (bicyclic) bond motifs is 1. The molecule has 0 unspecified atom stereocenters. The van der Waals surface area contributed by atoms with Gasteiger partial charge in [-0.05, 0) is 37.3 Å². The molecule has 8 nitrogen and oxygen atoms in total. The highest BCUT2D eigenvalue weighted by Gasteiger charge is 2.30. The number of hydrogen-bond acceptors (Lipinski definition) is 4. The van der Waals surface area contributed by atoms with Crippen molar-refractivity contribution in [3.05, 3.63) is 68.7 Å². The molecular weight excluding hydrogens is 432 g/mol. The number of nitrogen functional groups attached to an aromatic ring is 1. The van der Waals surface area contributed by atoms with Crippen molar-refractivity contribution in [2.45, 2.75) is 26.1 Å². The Hall–Kier alpha value is -3.96. The van der Waals surface area contributed by atoms with E-state index in [9.17, 15) is 27.2 Å². The van der Waals surface area contributed by atoms with Crippen LogP contribution in [0.5, 0.6) is 0 Å². The number of hydrogen-bond donors (Lipinski definition) is 2. The van der Waals surface area contributed by atoms with E-state index >= 15 is 0 Å². The van der Waals surface area contributed by atoms with Crippen LogP contribution in [0.15, 0.2) is 46.1 Å². The summed E-state index contributed by atoms with van der Waals surface area (Å²) in [6, 6.07) is 6.93. The molecule has 0 spiro atoms. The molecule has 0 aliphatic heterocycles. The molecule has 0 saturated carbocycles. The van der Waals surface area contributed by atoms with E-state index in [4.69, 9.17) is 5.73 Å². The second-order valence-electron chi connectivity index (χ2n) is 7.20. The standard InChI is InChI=1S/C20H16F4N6O2/c1-10-8-12(9-26-17(10)31)14-15(11-2-4-13(21)5-3-11)27-18(25)30-16(14)28-29(19(30)32)7-6-20(22,23)24/h2-5,8-9H,6-7H2,1H3,(H2,25,27)(H,26,31)/p+1. The highest BCUT2D eigenvalue weighted by Crippen LogP contribution is 2.32. The van der Waals surface area contributed by atoms with E-state index in [2.05, 4.69) is 15.1 Å². The van der Waals surface area contributed by atoms with Gasteiger partial charge in [0, 0.05) is 22.9 Å². The van der Waals surface area contributed by atoms with Crippen molar-refractivity contribution >= 4 is 11.6 Å².